The summed E-state index contributed by atoms with van der Waals surface area (Å²) in [4.78, 5) is 8.08. The number of nitrogens with two attached hydrogens (primary N) is 1. The molecule has 1 aromatic heterocycles. The van der Waals surface area contributed by atoms with E-state index in [4.69, 9.17) is 33.7 Å². The van der Waals surface area contributed by atoms with Crippen LogP contribution in [0.4, 0.5) is 17.2 Å². The first kappa shape index (κ1) is 14.7. The Balaban J connectivity index is 2.27. The number of halogens is 2. The fraction of sp³-hybridized carbons (Fsp3) is 0.231. The van der Waals surface area contributed by atoms with E-state index in [1.165, 1.54) is 6.33 Å². The van der Waals surface area contributed by atoms with E-state index < -0.39 is 0 Å². The van der Waals surface area contributed by atoms with Crippen LogP contribution in [0.15, 0.2) is 24.5 Å². The van der Waals surface area contributed by atoms with Crippen LogP contribution in [0.5, 0.6) is 5.88 Å². The minimum absolute atomic E-state index is 0.331. The van der Waals surface area contributed by atoms with Gasteiger partial charge in [-0.15, -0.1) is 0 Å². The van der Waals surface area contributed by atoms with Crippen molar-refractivity contribution in [2.75, 3.05) is 17.7 Å². The lowest BCUT2D eigenvalue weighted by Crippen LogP contribution is -2.06. The van der Waals surface area contributed by atoms with Gasteiger partial charge in [0.1, 0.15) is 12.0 Å². The summed E-state index contributed by atoms with van der Waals surface area (Å²) in [5.41, 5.74) is 6.92. The van der Waals surface area contributed by atoms with E-state index in [0.29, 0.717) is 39.7 Å². The van der Waals surface area contributed by atoms with Crippen molar-refractivity contribution >= 4 is 40.4 Å². The molecule has 0 aliphatic rings. The first-order valence-corrected chi connectivity index (χ1v) is 6.82. The van der Waals surface area contributed by atoms with E-state index >= 15 is 0 Å². The number of hydrogen-bond acceptors (Lipinski definition) is 5. The number of nitrogens with zero attached hydrogens (tertiary/aromatic N) is 2. The van der Waals surface area contributed by atoms with E-state index in [2.05, 4.69) is 15.3 Å². The van der Waals surface area contributed by atoms with Crippen LogP contribution in [0.25, 0.3) is 0 Å². The number of ether oxygens (including phenoxy) is 1. The molecule has 2 rings (SSSR count). The molecule has 0 aliphatic heterocycles. The molecule has 0 amide bonds. The molecule has 0 fully saturated rings. The maximum atomic E-state index is 6.09. The third-order valence-electron chi connectivity index (χ3n) is 2.47. The molecule has 1 heterocycles. The SMILES string of the molecule is CCCOc1ncnc(Nc2cc(Cl)ccc2Cl)c1N. The Bertz CT molecular complexity index is 607. The Morgan fingerprint density at radius 1 is 1.30 bits per heavy atom. The van der Waals surface area contributed by atoms with Gasteiger partial charge in [0.2, 0.25) is 5.88 Å². The summed E-state index contributed by atoms with van der Waals surface area (Å²) >= 11 is 12.0. The number of rotatable bonds is 5. The minimum Gasteiger partial charge on any atom is -0.476 e. The molecule has 0 radical (unpaired) electrons. The molecule has 20 heavy (non-hydrogen) atoms. The monoisotopic (exact) mass is 312 g/mol. The molecule has 0 saturated carbocycles. The number of benzene rings is 1. The molecular weight excluding hydrogens is 299 g/mol. The highest BCUT2D eigenvalue weighted by atomic mass is 35.5. The molecule has 7 heteroatoms. The highest BCUT2D eigenvalue weighted by Crippen LogP contribution is 2.32. The Morgan fingerprint density at radius 2 is 2.10 bits per heavy atom. The van der Waals surface area contributed by atoms with Crippen LogP contribution >= 0.6 is 23.2 Å². The molecule has 0 aliphatic carbocycles. The van der Waals surface area contributed by atoms with Gasteiger partial charge in [-0.3, -0.25) is 0 Å². The molecule has 0 unspecified atom stereocenters. The van der Waals surface area contributed by atoms with Crippen molar-refractivity contribution in [3.63, 3.8) is 0 Å². The highest BCUT2D eigenvalue weighted by Gasteiger charge is 2.11. The number of hydrogen-bond donors (Lipinski definition) is 2. The summed E-state index contributed by atoms with van der Waals surface area (Å²) in [5, 5.41) is 4.10. The van der Waals surface area contributed by atoms with Crippen molar-refractivity contribution in [2.24, 2.45) is 0 Å². The summed E-state index contributed by atoms with van der Waals surface area (Å²) in [5.74, 6) is 0.776. The van der Waals surface area contributed by atoms with Crippen molar-refractivity contribution in [1.82, 2.24) is 9.97 Å². The molecule has 3 N–H and O–H groups in total. The van der Waals surface area contributed by atoms with Gasteiger partial charge in [0.05, 0.1) is 17.3 Å². The Morgan fingerprint density at radius 3 is 2.85 bits per heavy atom. The molecule has 0 spiro atoms. The van der Waals surface area contributed by atoms with Crippen molar-refractivity contribution in [3.8, 4) is 5.88 Å². The van der Waals surface area contributed by atoms with E-state index in [0.717, 1.165) is 6.42 Å². The maximum absolute atomic E-state index is 6.09. The van der Waals surface area contributed by atoms with E-state index in [1.54, 1.807) is 18.2 Å². The second-order valence-electron chi connectivity index (χ2n) is 4.04. The minimum atomic E-state index is 0.331. The van der Waals surface area contributed by atoms with Gasteiger partial charge < -0.3 is 15.8 Å². The number of anilines is 3. The third kappa shape index (κ3) is 3.43. The average Bonchev–Trinajstić information content (AvgIpc) is 2.44. The highest BCUT2D eigenvalue weighted by molar-refractivity contribution is 6.35. The standard InChI is InChI=1S/C13H14Cl2N4O/c1-2-5-20-13-11(16)12(17-7-18-13)19-10-6-8(14)3-4-9(10)15/h3-4,6-7H,2,5,16H2,1H3,(H,17,18,19). The lowest BCUT2D eigenvalue weighted by atomic mass is 10.3. The molecule has 106 valence electrons. The smallest absolute Gasteiger partial charge is 0.242 e. The van der Waals surface area contributed by atoms with Gasteiger partial charge in [0.15, 0.2) is 5.82 Å². The fourth-order valence-electron chi connectivity index (χ4n) is 1.51. The Hall–Kier alpha value is -1.72. The van der Waals surface area contributed by atoms with E-state index in [9.17, 15) is 0 Å². The predicted molar refractivity (Wildman–Crippen MR) is 82.0 cm³/mol. The zero-order valence-electron chi connectivity index (χ0n) is 10.9. The molecule has 0 atom stereocenters. The Labute approximate surface area is 127 Å². The predicted octanol–water partition coefficient (Wildman–Crippen LogP) is 3.90. The zero-order valence-corrected chi connectivity index (χ0v) is 12.4. The van der Waals surface area contributed by atoms with Gasteiger partial charge in [-0.2, -0.15) is 4.98 Å². The van der Waals surface area contributed by atoms with Gasteiger partial charge in [0, 0.05) is 5.02 Å². The molecule has 0 bridgehead atoms. The van der Waals surface area contributed by atoms with Gasteiger partial charge in [-0.05, 0) is 24.6 Å². The topological polar surface area (TPSA) is 73.1 Å². The molecule has 0 saturated heterocycles. The normalized spacial score (nSPS) is 10.3. The average molecular weight is 313 g/mol. The summed E-state index contributed by atoms with van der Waals surface area (Å²) in [6, 6.07) is 5.09. The molecular formula is C13H14Cl2N4O. The largest absolute Gasteiger partial charge is 0.476 e. The van der Waals surface area contributed by atoms with Crippen LogP contribution in [0.1, 0.15) is 13.3 Å². The van der Waals surface area contributed by atoms with Gasteiger partial charge >= 0.3 is 0 Å². The lowest BCUT2D eigenvalue weighted by Gasteiger charge is -2.12. The van der Waals surface area contributed by atoms with Crippen LogP contribution in [0.3, 0.4) is 0 Å². The van der Waals surface area contributed by atoms with Crippen molar-refractivity contribution in [3.05, 3.63) is 34.6 Å². The summed E-state index contributed by atoms with van der Waals surface area (Å²) in [6.45, 7) is 2.54. The molecule has 5 nitrogen and oxygen atoms in total. The fourth-order valence-corrected chi connectivity index (χ4v) is 1.85. The van der Waals surface area contributed by atoms with Gasteiger partial charge in [-0.1, -0.05) is 30.1 Å². The van der Waals surface area contributed by atoms with Crippen LogP contribution in [0.2, 0.25) is 10.0 Å². The van der Waals surface area contributed by atoms with Gasteiger partial charge in [-0.25, -0.2) is 4.98 Å². The van der Waals surface area contributed by atoms with Crippen LogP contribution in [-0.4, -0.2) is 16.6 Å². The quantitative estimate of drug-likeness (QED) is 0.876. The van der Waals surface area contributed by atoms with E-state index in [-0.39, 0.29) is 0 Å². The lowest BCUT2D eigenvalue weighted by molar-refractivity contribution is 0.307. The van der Waals surface area contributed by atoms with Crippen molar-refractivity contribution < 1.29 is 4.74 Å². The second-order valence-corrected chi connectivity index (χ2v) is 4.88. The van der Waals surface area contributed by atoms with Crippen LogP contribution in [0, 0.1) is 0 Å². The summed E-state index contributed by atoms with van der Waals surface area (Å²) < 4.78 is 5.44. The number of nitrogen functional groups attached to an aromatic ring is 1. The van der Waals surface area contributed by atoms with Crippen molar-refractivity contribution in [2.45, 2.75) is 13.3 Å². The maximum Gasteiger partial charge on any atom is 0.242 e. The van der Waals surface area contributed by atoms with E-state index in [1.807, 2.05) is 6.92 Å². The third-order valence-corrected chi connectivity index (χ3v) is 3.04. The summed E-state index contributed by atoms with van der Waals surface area (Å²) in [6.07, 6.45) is 2.24. The number of aromatic nitrogens is 2. The first-order valence-electron chi connectivity index (χ1n) is 6.07. The van der Waals surface area contributed by atoms with Crippen LogP contribution < -0.4 is 15.8 Å². The van der Waals surface area contributed by atoms with Crippen molar-refractivity contribution in [1.29, 1.82) is 0 Å². The second kappa shape index (κ2) is 6.63. The number of nitrogens with one attached hydrogen (secondary N) is 1. The summed E-state index contributed by atoms with van der Waals surface area (Å²) in [7, 11) is 0. The van der Waals surface area contributed by atoms with Gasteiger partial charge in [0.25, 0.3) is 0 Å². The Kier molecular flexibility index (Phi) is 4.87. The molecule has 2 aromatic rings. The zero-order chi connectivity index (χ0) is 14.5. The first-order chi connectivity index (χ1) is 9.61. The van der Waals surface area contributed by atoms with Crippen LogP contribution in [-0.2, 0) is 0 Å². The molecule has 1 aromatic carbocycles.